The van der Waals surface area contributed by atoms with Gasteiger partial charge in [0.05, 0.1) is 61.6 Å². The molecule has 0 aliphatic carbocycles. The van der Waals surface area contributed by atoms with Gasteiger partial charge < -0.3 is 33.0 Å². The molecule has 14 nitrogen and oxygen atoms in total. The molecule has 7 rings (SSSR count). The topological polar surface area (TPSA) is 181 Å². The lowest BCUT2D eigenvalue weighted by Gasteiger charge is -2.47. The molecule has 8 unspecified atom stereocenters. The maximum absolute atomic E-state index is 14.6. The van der Waals surface area contributed by atoms with Crippen molar-refractivity contribution in [3.8, 4) is 16.9 Å². The van der Waals surface area contributed by atoms with Crippen LogP contribution in [0.3, 0.4) is 0 Å². The standard InChI is InChI=1S/C53H87N4O10PS3/c1-5-16-47-29-55(42-68(58,59)60)32-48(47)38-70(63,64)40-51-35-57(26-24-56(25-27-57)33-43(6-2)44(7-3)34-56)36-52(51)41-71(65,66)39-50-31-54(30-49(50)37-69(61,62)8-4)23-14-9-10-15-28-67-53-21-19-46(20-22-53)45-17-12-11-13-18-45/h11-13,17-22,43-44,47-52H,5-10,14-16,23-42H2,1-4H3. The van der Waals surface area contributed by atoms with E-state index in [9.17, 15) is 39.6 Å². The van der Waals surface area contributed by atoms with Crippen LogP contribution in [0.15, 0.2) is 54.6 Å². The summed E-state index contributed by atoms with van der Waals surface area (Å²) < 4.78 is 104. The third kappa shape index (κ3) is 16.1. The van der Waals surface area contributed by atoms with E-state index in [1.54, 1.807) is 11.8 Å². The summed E-state index contributed by atoms with van der Waals surface area (Å²) in [4.78, 5) is 27.3. The van der Waals surface area contributed by atoms with E-state index in [2.05, 4.69) is 43.0 Å². The first kappa shape index (κ1) is 56.8. The van der Waals surface area contributed by atoms with Gasteiger partial charge in [-0.2, -0.15) is 0 Å². The van der Waals surface area contributed by atoms with Crippen molar-refractivity contribution in [3.05, 3.63) is 54.6 Å². The Kier molecular flexibility index (Phi) is 19.5. The van der Waals surface area contributed by atoms with Crippen LogP contribution in [0.1, 0.15) is 79.1 Å². The molecule has 402 valence electrons. The molecule has 8 atom stereocenters. The van der Waals surface area contributed by atoms with Crippen molar-refractivity contribution in [3.63, 3.8) is 0 Å². The van der Waals surface area contributed by atoms with Crippen LogP contribution in [0.5, 0.6) is 5.75 Å². The summed E-state index contributed by atoms with van der Waals surface area (Å²) >= 11 is 0. The average Bonchev–Trinajstić information content (AvgIpc) is 4.06. The highest BCUT2D eigenvalue weighted by Crippen LogP contribution is 2.41. The monoisotopic (exact) mass is 1070 g/mol. The van der Waals surface area contributed by atoms with Crippen LogP contribution >= 0.6 is 7.60 Å². The van der Waals surface area contributed by atoms with Crippen molar-refractivity contribution in [1.29, 1.82) is 0 Å². The van der Waals surface area contributed by atoms with Crippen LogP contribution < -0.4 is 14.5 Å². The van der Waals surface area contributed by atoms with Crippen molar-refractivity contribution in [2.24, 2.45) is 47.3 Å². The number of nitrogens with zero attached hydrogens (tertiary/aromatic N) is 4. The molecule has 0 aromatic heterocycles. The molecular weight excluding hydrogens is 980 g/mol. The number of rotatable bonds is 26. The average molecular weight is 1070 g/mol. The van der Waals surface area contributed by atoms with Gasteiger partial charge in [0.25, 0.3) is 0 Å². The minimum absolute atomic E-state index is 0.00874. The maximum Gasteiger partial charge on any atom is 0.151 e. The van der Waals surface area contributed by atoms with Gasteiger partial charge in [0.2, 0.25) is 0 Å². The largest absolute Gasteiger partial charge is 0.810 e. The van der Waals surface area contributed by atoms with Crippen LogP contribution in [0.2, 0.25) is 0 Å². The molecule has 5 heterocycles. The number of ether oxygens (including phenoxy) is 1. The van der Waals surface area contributed by atoms with Crippen LogP contribution in [0.25, 0.3) is 11.1 Å². The van der Waals surface area contributed by atoms with Gasteiger partial charge in [0, 0.05) is 61.9 Å². The quantitative estimate of drug-likeness (QED) is 0.0677. The molecule has 5 aliphatic rings. The number of hydrogen-bond donors (Lipinski definition) is 0. The van der Waals surface area contributed by atoms with E-state index in [0.29, 0.717) is 51.2 Å². The normalized spacial score (nSPS) is 31.1. The summed E-state index contributed by atoms with van der Waals surface area (Å²) in [6.07, 6.45) is 7.11. The Morgan fingerprint density at radius 1 is 0.549 bits per heavy atom. The number of sulfone groups is 3. The summed E-state index contributed by atoms with van der Waals surface area (Å²) in [6, 6.07) is 18.4. The van der Waals surface area contributed by atoms with Crippen molar-refractivity contribution >= 4 is 37.1 Å². The molecule has 0 saturated carbocycles. The Hall–Kier alpha value is -1.92. The minimum atomic E-state index is -4.81. The molecule has 0 N–H and O–H groups in total. The van der Waals surface area contributed by atoms with Gasteiger partial charge in [-0.25, -0.2) is 25.3 Å². The Labute approximate surface area is 428 Å². The van der Waals surface area contributed by atoms with Gasteiger partial charge in [0.15, 0.2) is 19.7 Å². The molecule has 2 aromatic rings. The molecule has 71 heavy (non-hydrogen) atoms. The molecule has 5 saturated heterocycles. The molecule has 18 heteroatoms. The first-order valence-electron chi connectivity index (χ1n) is 27.2. The first-order chi connectivity index (χ1) is 33.6. The van der Waals surface area contributed by atoms with Crippen LogP contribution in [0.4, 0.5) is 0 Å². The third-order valence-electron chi connectivity index (χ3n) is 17.7. The van der Waals surface area contributed by atoms with Gasteiger partial charge in [-0.15, -0.1) is 0 Å². The second kappa shape index (κ2) is 24.4. The highest BCUT2D eigenvalue weighted by molar-refractivity contribution is 7.92. The van der Waals surface area contributed by atoms with Gasteiger partial charge in [-0.3, -0.25) is 4.90 Å². The fraction of sp³-hybridized carbons (Fsp3) is 0.774. The van der Waals surface area contributed by atoms with Crippen molar-refractivity contribution in [2.45, 2.75) is 79.1 Å². The molecule has 0 amide bonds. The van der Waals surface area contributed by atoms with Gasteiger partial charge >= 0.3 is 0 Å². The lowest BCUT2D eigenvalue weighted by atomic mass is 9.92. The zero-order chi connectivity index (χ0) is 51.1. The van der Waals surface area contributed by atoms with Gasteiger partial charge in [-0.05, 0) is 85.6 Å². The highest BCUT2D eigenvalue weighted by Gasteiger charge is 2.55. The molecule has 0 radical (unpaired) electrons. The number of unbranched alkanes of at least 4 members (excludes halogenated alkanes) is 3. The van der Waals surface area contributed by atoms with E-state index in [0.717, 1.165) is 91.5 Å². The van der Waals surface area contributed by atoms with Crippen LogP contribution in [-0.2, 0) is 34.1 Å². The summed E-state index contributed by atoms with van der Waals surface area (Å²) in [5.41, 5.74) is 2.31. The lowest BCUT2D eigenvalue weighted by Crippen LogP contribution is -2.65. The van der Waals surface area contributed by atoms with E-state index >= 15 is 0 Å². The molecule has 5 fully saturated rings. The van der Waals surface area contributed by atoms with E-state index in [4.69, 9.17) is 4.74 Å². The fourth-order valence-electron chi connectivity index (χ4n) is 14.0. The second-order valence-corrected chi connectivity index (χ2v) is 31.3. The van der Waals surface area contributed by atoms with E-state index in [1.807, 2.05) is 37.3 Å². The first-order valence-corrected chi connectivity index (χ1v) is 34.4. The number of benzene rings is 2. The second-order valence-electron chi connectivity index (χ2n) is 23.0. The van der Waals surface area contributed by atoms with Crippen LogP contribution in [0, 0.1) is 47.3 Å². The SMILES string of the molecule is CCCC1CN(CP(=O)([O-])[O-])CC1CS(=O)(=O)CC1C[N+]2(CC[N+]3(CC2)CC(CC)C(CC)C3)CC1CS(=O)(=O)CC1CN(CCCCCCOc2ccc(-c3ccccc3)cc2)CC1CS(=O)(=O)CC. The molecule has 5 aliphatic heterocycles. The van der Waals surface area contributed by atoms with E-state index in [1.165, 1.54) is 31.5 Å². The lowest BCUT2D eigenvalue weighted by molar-refractivity contribution is -1.02. The number of likely N-dealkylation sites (tertiary alicyclic amines) is 2. The third-order valence-corrected chi connectivity index (χ3v) is 24.0. The Morgan fingerprint density at radius 2 is 1.00 bits per heavy atom. The van der Waals surface area contributed by atoms with E-state index < -0.39 is 43.4 Å². The number of piperazine rings is 1. The fourth-order valence-corrected chi connectivity index (χ4v) is 20.3. The summed E-state index contributed by atoms with van der Waals surface area (Å²) in [5.74, 6) is 0.150. The van der Waals surface area contributed by atoms with Gasteiger partial charge in [-0.1, -0.05) is 97.0 Å². The van der Waals surface area contributed by atoms with Gasteiger partial charge in [0.1, 0.15) is 41.8 Å². The minimum Gasteiger partial charge on any atom is -0.810 e. The summed E-state index contributed by atoms with van der Waals surface area (Å²) in [5, 5.41) is 0. The maximum atomic E-state index is 14.6. The molecule has 2 spiro atoms. The highest BCUT2D eigenvalue weighted by atomic mass is 32.2. The Morgan fingerprint density at radius 3 is 1.51 bits per heavy atom. The predicted molar refractivity (Wildman–Crippen MR) is 281 cm³/mol. The summed E-state index contributed by atoms with van der Waals surface area (Å²) in [6.45, 7) is 18.8. The number of quaternary nitrogens is 2. The smallest absolute Gasteiger partial charge is 0.151 e. The Bertz CT molecular complexity index is 2380. The zero-order valence-corrected chi connectivity index (χ0v) is 46.7. The van der Waals surface area contributed by atoms with Crippen molar-refractivity contribution in [2.75, 3.05) is 132 Å². The molecular formula is C53H87N4O10PS3. The summed E-state index contributed by atoms with van der Waals surface area (Å²) in [7, 11) is -15.6. The Balaban J connectivity index is 0.974. The van der Waals surface area contributed by atoms with Crippen LogP contribution in [-0.4, -0.2) is 177 Å². The van der Waals surface area contributed by atoms with E-state index in [-0.39, 0.29) is 76.6 Å². The molecule has 0 bridgehead atoms. The van der Waals surface area contributed by atoms with Crippen molar-refractivity contribution in [1.82, 2.24) is 9.80 Å². The predicted octanol–water partition coefficient (Wildman–Crippen LogP) is 5.28. The van der Waals surface area contributed by atoms with Crippen molar-refractivity contribution < 1.29 is 53.3 Å². The number of hydrogen-bond acceptors (Lipinski definition) is 12. The molecule has 2 aromatic carbocycles. The zero-order valence-electron chi connectivity index (χ0n) is 43.4.